The Kier molecular flexibility index (Phi) is 5.16. The van der Waals surface area contributed by atoms with Crippen LogP contribution in [0.4, 0.5) is 0 Å². The average molecular weight is 374 g/mol. The van der Waals surface area contributed by atoms with Crippen LogP contribution in [0, 0.1) is 0 Å². The Balaban J connectivity index is 1.53. The van der Waals surface area contributed by atoms with E-state index in [1.165, 1.54) is 0 Å². The van der Waals surface area contributed by atoms with E-state index in [0.29, 0.717) is 18.2 Å². The zero-order valence-corrected chi connectivity index (χ0v) is 15.5. The predicted octanol–water partition coefficient (Wildman–Crippen LogP) is 5.08. The largest absolute Gasteiger partial charge is 0.440 e. The molecule has 27 heavy (non-hydrogen) atoms. The van der Waals surface area contributed by atoms with Crippen molar-refractivity contribution in [2.24, 2.45) is 0 Å². The van der Waals surface area contributed by atoms with Crippen LogP contribution < -0.4 is 0 Å². The molecule has 4 rings (SSSR count). The van der Waals surface area contributed by atoms with Crippen molar-refractivity contribution in [1.82, 2.24) is 19.7 Å². The van der Waals surface area contributed by atoms with Gasteiger partial charge in [0.05, 0.1) is 11.9 Å². The van der Waals surface area contributed by atoms with Gasteiger partial charge in [0, 0.05) is 17.7 Å². The molecule has 0 bridgehead atoms. The summed E-state index contributed by atoms with van der Waals surface area (Å²) in [5, 5.41) is 9.53. The Bertz CT molecular complexity index is 1020. The SMILES string of the molecule is C=CCn1c(SCc2ncc(-c3ccccc3)o2)nnc1-c1ccccc1. The number of thioether (sulfide) groups is 1. The molecule has 0 spiro atoms. The Morgan fingerprint density at radius 2 is 1.67 bits per heavy atom. The topological polar surface area (TPSA) is 56.7 Å². The van der Waals surface area contributed by atoms with Crippen molar-refractivity contribution in [3.05, 3.63) is 85.4 Å². The van der Waals surface area contributed by atoms with E-state index in [1.54, 1.807) is 18.0 Å². The highest BCUT2D eigenvalue weighted by atomic mass is 32.2. The Morgan fingerprint density at radius 3 is 2.37 bits per heavy atom. The molecule has 0 atom stereocenters. The molecule has 4 aromatic rings. The van der Waals surface area contributed by atoms with Crippen LogP contribution in [0.1, 0.15) is 5.89 Å². The fourth-order valence-electron chi connectivity index (χ4n) is 2.73. The summed E-state index contributed by atoms with van der Waals surface area (Å²) in [6.45, 7) is 4.49. The van der Waals surface area contributed by atoms with E-state index in [1.807, 2.05) is 71.3 Å². The first-order valence-corrected chi connectivity index (χ1v) is 9.56. The molecule has 0 aliphatic rings. The van der Waals surface area contributed by atoms with Crippen LogP contribution >= 0.6 is 11.8 Å². The molecule has 2 heterocycles. The monoisotopic (exact) mass is 374 g/mol. The number of allylic oxidation sites excluding steroid dienone is 1. The van der Waals surface area contributed by atoms with Gasteiger partial charge in [-0.3, -0.25) is 4.57 Å². The molecule has 134 valence electrons. The lowest BCUT2D eigenvalue weighted by Crippen LogP contribution is -2.00. The third-order valence-electron chi connectivity index (χ3n) is 4.00. The first-order valence-electron chi connectivity index (χ1n) is 8.57. The predicted molar refractivity (Wildman–Crippen MR) is 107 cm³/mol. The van der Waals surface area contributed by atoms with Gasteiger partial charge in [-0.1, -0.05) is 78.5 Å². The number of rotatable bonds is 7. The zero-order chi connectivity index (χ0) is 18.5. The van der Waals surface area contributed by atoms with Gasteiger partial charge in [-0.2, -0.15) is 0 Å². The Labute approximate surface area is 161 Å². The minimum Gasteiger partial charge on any atom is -0.440 e. The van der Waals surface area contributed by atoms with Gasteiger partial charge in [0.2, 0.25) is 5.89 Å². The van der Waals surface area contributed by atoms with Crippen LogP contribution in [0.3, 0.4) is 0 Å². The number of oxazole rings is 1. The summed E-state index contributed by atoms with van der Waals surface area (Å²) in [5.74, 6) is 2.84. The highest BCUT2D eigenvalue weighted by molar-refractivity contribution is 7.98. The molecule has 0 N–H and O–H groups in total. The summed E-state index contributed by atoms with van der Waals surface area (Å²) >= 11 is 1.55. The molecule has 5 nitrogen and oxygen atoms in total. The molecule has 0 aliphatic heterocycles. The smallest absolute Gasteiger partial charge is 0.205 e. The molecule has 2 aromatic heterocycles. The maximum Gasteiger partial charge on any atom is 0.205 e. The second-order valence-corrected chi connectivity index (χ2v) is 6.79. The van der Waals surface area contributed by atoms with E-state index in [9.17, 15) is 0 Å². The summed E-state index contributed by atoms with van der Waals surface area (Å²) < 4.78 is 7.92. The summed E-state index contributed by atoms with van der Waals surface area (Å²) in [6.07, 6.45) is 3.60. The average Bonchev–Trinajstić information content (AvgIpc) is 3.35. The molecule has 0 unspecified atom stereocenters. The lowest BCUT2D eigenvalue weighted by Gasteiger charge is -2.07. The number of aromatic nitrogens is 4. The molecule has 0 saturated carbocycles. The van der Waals surface area contributed by atoms with Crippen LogP contribution in [-0.2, 0) is 12.3 Å². The van der Waals surface area contributed by atoms with Crippen molar-refractivity contribution in [1.29, 1.82) is 0 Å². The maximum atomic E-state index is 5.87. The van der Waals surface area contributed by atoms with Gasteiger partial charge in [-0.05, 0) is 0 Å². The molecule has 0 fully saturated rings. The van der Waals surface area contributed by atoms with Gasteiger partial charge in [-0.25, -0.2) is 4.98 Å². The Hall–Kier alpha value is -3.12. The quantitative estimate of drug-likeness (QED) is 0.334. The Morgan fingerprint density at radius 1 is 0.963 bits per heavy atom. The number of hydrogen-bond donors (Lipinski definition) is 0. The summed E-state index contributed by atoms with van der Waals surface area (Å²) in [5.41, 5.74) is 2.05. The van der Waals surface area contributed by atoms with Crippen molar-refractivity contribution >= 4 is 11.8 Å². The maximum absolute atomic E-state index is 5.87. The second-order valence-electron chi connectivity index (χ2n) is 5.84. The third kappa shape index (κ3) is 3.85. The normalized spacial score (nSPS) is 10.8. The number of nitrogens with zero attached hydrogens (tertiary/aromatic N) is 4. The second kappa shape index (κ2) is 8.05. The molecule has 0 amide bonds. The van der Waals surface area contributed by atoms with Crippen molar-refractivity contribution in [2.45, 2.75) is 17.5 Å². The van der Waals surface area contributed by atoms with E-state index in [4.69, 9.17) is 4.42 Å². The van der Waals surface area contributed by atoms with Crippen LogP contribution in [0.2, 0.25) is 0 Å². The summed E-state index contributed by atoms with van der Waals surface area (Å²) in [4.78, 5) is 4.38. The third-order valence-corrected chi connectivity index (χ3v) is 4.95. The molecule has 6 heteroatoms. The molecular weight excluding hydrogens is 356 g/mol. The lowest BCUT2D eigenvalue weighted by atomic mass is 10.2. The van der Waals surface area contributed by atoms with Gasteiger partial charge in [0.15, 0.2) is 16.7 Å². The van der Waals surface area contributed by atoms with Crippen LogP contribution in [-0.4, -0.2) is 19.7 Å². The fraction of sp³-hybridized carbons (Fsp3) is 0.0952. The fourth-order valence-corrected chi connectivity index (χ4v) is 3.53. The number of hydrogen-bond acceptors (Lipinski definition) is 5. The van der Waals surface area contributed by atoms with Crippen molar-refractivity contribution < 1.29 is 4.42 Å². The van der Waals surface area contributed by atoms with Gasteiger partial charge in [-0.15, -0.1) is 16.8 Å². The highest BCUT2D eigenvalue weighted by Gasteiger charge is 2.15. The van der Waals surface area contributed by atoms with Crippen molar-refractivity contribution in [2.75, 3.05) is 0 Å². The van der Waals surface area contributed by atoms with Crippen LogP contribution in [0.5, 0.6) is 0 Å². The standard InChI is InChI=1S/C21H18N4OS/c1-2-13-25-20(17-11-7-4-8-12-17)23-24-21(25)27-15-19-22-14-18(26-19)16-9-5-3-6-10-16/h2-12,14H,1,13,15H2. The zero-order valence-electron chi connectivity index (χ0n) is 14.7. The molecule has 2 aromatic carbocycles. The molecular formula is C21H18N4OS. The van der Waals surface area contributed by atoms with Crippen LogP contribution in [0.15, 0.2) is 89.1 Å². The van der Waals surface area contributed by atoms with Gasteiger partial charge >= 0.3 is 0 Å². The highest BCUT2D eigenvalue weighted by Crippen LogP contribution is 2.28. The molecule has 0 aliphatic carbocycles. The first kappa shape index (κ1) is 17.3. The van der Waals surface area contributed by atoms with Gasteiger partial charge in [0.25, 0.3) is 0 Å². The summed E-state index contributed by atoms with van der Waals surface area (Å²) in [7, 11) is 0. The molecule has 0 saturated heterocycles. The van der Waals surface area contributed by atoms with E-state index in [0.717, 1.165) is 27.9 Å². The summed E-state index contributed by atoms with van der Waals surface area (Å²) in [6, 6.07) is 20.0. The van der Waals surface area contributed by atoms with E-state index in [2.05, 4.69) is 21.8 Å². The van der Waals surface area contributed by atoms with Gasteiger partial charge < -0.3 is 4.42 Å². The van der Waals surface area contributed by atoms with E-state index >= 15 is 0 Å². The van der Waals surface area contributed by atoms with E-state index in [-0.39, 0.29) is 0 Å². The molecule has 0 radical (unpaired) electrons. The van der Waals surface area contributed by atoms with Crippen molar-refractivity contribution in [3.63, 3.8) is 0 Å². The minimum absolute atomic E-state index is 0.580. The number of benzene rings is 2. The van der Waals surface area contributed by atoms with E-state index < -0.39 is 0 Å². The van der Waals surface area contributed by atoms with Gasteiger partial charge in [0.1, 0.15) is 0 Å². The first-order chi connectivity index (χ1) is 13.3. The minimum atomic E-state index is 0.580. The van der Waals surface area contributed by atoms with Crippen molar-refractivity contribution in [3.8, 4) is 22.7 Å². The lowest BCUT2D eigenvalue weighted by molar-refractivity contribution is 0.529. The van der Waals surface area contributed by atoms with Crippen LogP contribution in [0.25, 0.3) is 22.7 Å².